The van der Waals surface area contributed by atoms with E-state index in [1.54, 1.807) is 18.2 Å². The molecule has 2 aliphatic rings. The van der Waals surface area contributed by atoms with Gasteiger partial charge in [-0.2, -0.15) is 5.10 Å². The topological polar surface area (TPSA) is 56.6 Å². The first-order valence-electron chi connectivity index (χ1n) is 9.77. The monoisotopic (exact) mass is 419 g/mol. The Balaban J connectivity index is 1.53. The Labute approximate surface area is 173 Å². The van der Waals surface area contributed by atoms with Crippen LogP contribution in [0.15, 0.2) is 30.3 Å². The molecule has 1 unspecified atom stereocenters. The van der Waals surface area contributed by atoms with Crippen molar-refractivity contribution in [1.82, 2.24) is 14.7 Å². The zero-order valence-electron chi connectivity index (χ0n) is 16.2. The maximum absolute atomic E-state index is 13.2. The Morgan fingerprint density at radius 3 is 2.69 bits per heavy atom. The highest BCUT2D eigenvalue weighted by Crippen LogP contribution is 2.27. The summed E-state index contributed by atoms with van der Waals surface area (Å²) in [6.07, 6.45) is 5.75. The number of aromatic nitrogens is 2. The fraction of sp³-hybridized carbons (Fsp3) is 0.429. The number of halogens is 2. The summed E-state index contributed by atoms with van der Waals surface area (Å²) in [5.74, 6) is -0.426. The number of aryl methyl sites for hydroxylation is 1. The minimum Gasteiger partial charge on any atom is -0.348 e. The number of carbonyl (C=O) groups excluding carboxylic acids is 1. The van der Waals surface area contributed by atoms with Crippen LogP contribution in [0.2, 0.25) is 5.15 Å². The van der Waals surface area contributed by atoms with E-state index in [2.05, 4.69) is 5.10 Å². The molecule has 0 bridgehead atoms. The van der Waals surface area contributed by atoms with Crippen LogP contribution in [0.25, 0.3) is 11.8 Å². The molecule has 1 atom stereocenters. The van der Waals surface area contributed by atoms with E-state index in [0.29, 0.717) is 41.9 Å². The molecule has 1 amide bonds. The second kappa shape index (κ2) is 8.65. The first kappa shape index (κ1) is 20.1. The fourth-order valence-electron chi connectivity index (χ4n) is 3.82. The summed E-state index contributed by atoms with van der Waals surface area (Å²) >= 11 is 6.50. The van der Waals surface area contributed by atoms with Gasteiger partial charge < -0.3 is 14.4 Å². The lowest BCUT2D eigenvalue weighted by molar-refractivity contribution is -0.145. The minimum atomic E-state index is -0.348. The lowest BCUT2D eigenvalue weighted by Crippen LogP contribution is -2.49. The predicted octanol–water partition coefficient (Wildman–Crippen LogP) is 3.74. The van der Waals surface area contributed by atoms with E-state index >= 15 is 0 Å². The lowest BCUT2D eigenvalue weighted by atomic mass is 10.0. The van der Waals surface area contributed by atoms with Crippen LogP contribution < -0.4 is 0 Å². The van der Waals surface area contributed by atoms with Crippen molar-refractivity contribution in [2.45, 2.75) is 38.5 Å². The Kier molecular flexibility index (Phi) is 5.99. The van der Waals surface area contributed by atoms with Crippen molar-refractivity contribution in [3.05, 3.63) is 52.6 Å². The summed E-state index contributed by atoms with van der Waals surface area (Å²) in [6.45, 7) is 3.63. The molecule has 6 nitrogen and oxygen atoms in total. The smallest absolute Gasteiger partial charge is 0.247 e. The first-order valence-corrected chi connectivity index (χ1v) is 10.2. The third-order valence-electron chi connectivity index (χ3n) is 5.31. The summed E-state index contributed by atoms with van der Waals surface area (Å²) in [5.41, 5.74) is 1.99. The summed E-state index contributed by atoms with van der Waals surface area (Å²) in [7, 11) is 0. The Morgan fingerprint density at radius 1 is 1.24 bits per heavy atom. The van der Waals surface area contributed by atoms with Crippen LogP contribution in [0.1, 0.15) is 30.5 Å². The zero-order chi connectivity index (χ0) is 20.4. The molecule has 1 aromatic carbocycles. The van der Waals surface area contributed by atoms with E-state index in [-0.39, 0.29) is 24.1 Å². The highest BCUT2D eigenvalue weighted by atomic mass is 35.5. The highest BCUT2D eigenvalue weighted by Gasteiger charge is 2.35. The normalized spacial score (nSPS) is 20.7. The van der Waals surface area contributed by atoms with Gasteiger partial charge in [0.2, 0.25) is 5.91 Å². The summed E-state index contributed by atoms with van der Waals surface area (Å²) < 4.78 is 26.0. The molecule has 29 heavy (non-hydrogen) atoms. The molecular formula is C21H23ClFN3O3. The average molecular weight is 420 g/mol. The molecule has 0 radical (unpaired) electrons. The fourth-order valence-corrected chi connectivity index (χ4v) is 4.15. The van der Waals surface area contributed by atoms with Crippen molar-refractivity contribution in [3.63, 3.8) is 0 Å². The van der Waals surface area contributed by atoms with E-state index in [1.807, 2.05) is 11.8 Å². The van der Waals surface area contributed by atoms with Crippen molar-refractivity contribution in [1.29, 1.82) is 0 Å². The van der Waals surface area contributed by atoms with E-state index < -0.39 is 0 Å². The molecule has 4 rings (SSSR count). The van der Waals surface area contributed by atoms with E-state index in [9.17, 15) is 9.18 Å². The van der Waals surface area contributed by atoms with Gasteiger partial charge in [-0.15, -0.1) is 0 Å². The Morgan fingerprint density at radius 2 is 1.97 bits per heavy atom. The van der Waals surface area contributed by atoms with Gasteiger partial charge in [0.1, 0.15) is 11.0 Å². The van der Waals surface area contributed by atoms with Gasteiger partial charge in [-0.05, 0) is 56.5 Å². The average Bonchev–Trinajstić information content (AvgIpc) is 3.36. The Hall–Kier alpha value is -2.22. The maximum atomic E-state index is 13.2. The molecule has 0 aliphatic carbocycles. The number of hydrogen-bond donors (Lipinski definition) is 0. The van der Waals surface area contributed by atoms with Crippen molar-refractivity contribution in [3.8, 4) is 5.69 Å². The van der Waals surface area contributed by atoms with Gasteiger partial charge >= 0.3 is 0 Å². The molecule has 8 heteroatoms. The number of ether oxygens (including phenoxy) is 2. The van der Waals surface area contributed by atoms with Crippen molar-refractivity contribution < 1.29 is 18.7 Å². The quantitative estimate of drug-likeness (QED) is 0.708. The standard InChI is InChI=1S/C21H23ClFN3O3/c1-14-17(20(22)26(24-14)16-7-5-15(23)6-8-16)9-10-19(27)25-11-3-2-4-18(25)21-28-12-13-29-21/h5-10,18,21H,2-4,11-13H2,1H3/b10-9+. The molecule has 154 valence electrons. The molecule has 3 heterocycles. The number of likely N-dealkylation sites (tertiary alicyclic amines) is 1. The van der Waals surface area contributed by atoms with Crippen LogP contribution >= 0.6 is 11.6 Å². The molecule has 2 aromatic rings. The van der Waals surface area contributed by atoms with Crippen molar-refractivity contribution >= 4 is 23.6 Å². The summed E-state index contributed by atoms with van der Waals surface area (Å²) in [4.78, 5) is 14.7. The molecule has 2 saturated heterocycles. The van der Waals surface area contributed by atoms with Gasteiger partial charge in [0.15, 0.2) is 6.29 Å². The van der Waals surface area contributed by atoms with Gasteiger partial charge in [-0.1, -0.05) is 11.6 Å². The molecule has 2 fully saturated rings. The number of rotatable bonds is 4. The number of benzene rings is 1. The second-order valence-corrected chi connectivity index (χ2v) is 7.57. The van der Waals surface area contributed by atoms with Crippen LogP contribution in [0, 0.1) is 12.7 Å². The molecule has 2 aliphatic heterocycles. The predicted molar refractivity (Wildman–Crippen MR) is 107 cm³/mol. The molecule has 0 spiro atoms. The highest BCUT2D eigenvalue weighted by molar-refractivity contribution is 6.31. The van der Waals surface area contributed by atoms with Crippen LogP contribution in [0.5, 0.6) is 0 Å². The largest absolute Gasteiger partial charge is 0.348 e. The number of piperidine rings is 1. The van der Waals surface area contributed by atoms with Crippen molar-refractivity contribution in [2.75, 3.05) is 19.8 Å². The molecule has 1 aromatic heterocycles. The summed E-state index contributed by atoms with van der Waals surface area (Å²) in [6, 6.07) is 5.84. The lowest BCUT2D eigenvalue weighted by Gasteiger charge is -2.37. The first-order chi connectivity index (χ1) is 14.0. The van der Waals surface area contributed by atoms with Crippen LogP contribution in [0.3, 0.4) is 0 Å². The minimum absolute atomic E-state index is 0.0677. The van der Waals surface area contributed by atoms with Gasteiger partial charge in [-0.3, -0.25) is 4.79 Å². The van der Waals surface area contributed by atoms with Gasteiger partial charge in [0.25, 0.3) is 0 Å². The SMILES string of the molecule is Cc1nn(-c2ccc(F)cc2)c(Cl)c1/C=C/C(=O)N1CCCCC1C1OCCO1. The molecule has 0 saturated carbocycles. The number of hydrogen-bond acceptors (Lipinski definition) is 4. The van der Waals surface area contributed by atoms with Gasteiger partial charge in [0, 0.05) is 18.2 Å². The molecular weight excluding hydrogens is 397 g/mol. The van der Waals surface area contributed by atoms with Crippen LogP contribution in [0.4, 0.5) is 4.39 Å². The third kappa shape index (κ3) is 4.22. The van der Waals surface area contributed by atoms with Gasteiger partial charge in [-0.25, -0.2) is 9.07 Å². The van der Waals surface area contributed by atoms with Gasteiger partial charge in [0.05, 0.1) is 30.6 Å². The summed E-state index contributed by atoms with van der Waals surface area (Å²) in [5, 5.41) is 4.80. The molecule has 0 N–H and O–H groups in total. The second-order valence-electron chi connectivity index (χ2n) is 7.22. The number of amides is 1. The van der Waals surface area contributed by atoms with Crippen LogP contribution in [-0.4, -0.2) is 52.7 Å². The van der Waals surface area contributed by atoms with Crippen molar-refractivity contribution in [2.24, 2.45) is 0 Å². The number of carbonyl (C=O) groups is 1. The Bertz CT molecular complexity index is 907. The van der Waals surface area contributed by atoms with Crippen LogP contribution in [-0.2, 0) is 14.3 Å². The van der Waals surface area contributed by atoms with E-state index in [1.165, 1.54) is 22.9 Å². The van der Waals surface area contributed by atoms with E-state index in [4.69, 9.17) is 21.1 Å². The maximum Gasteiger partial charge on any atom is 0.247 e. The third-order valence-corrected chi connectivity index (χ3v) is 5.67. The van der Waals surface area contributed by atoms with E-state index in [0.717, 1.165) is 19.3 Å². The number of nitrogens with zero attached hydrogens (tertiary/aromatic N) is 3. The zero-order valence-corrected chi connectivity index (χ0v) is 16.9.